The van der Waals surface area contributed by atoms with Crippen LogP contribution in [0.4, 0.5) is 4.79 Å². The summed E-state index contributed by atoms with van der Waals surface area (Å²) in [6.45, 7) is 10.3. The number of nitrogens with zero attached hydrogens (tertiary/aromatic N) is 7. The molecule has 4 aromatic rings. The van der Waals surface area contributed by atoms with E-state index in [4.69, 9.17) is 18.8 Å². The third-order valence-electron chi connectivity index (χ3n) is 4.99. The molecule has 0 aliphatic carbocycles. The van der Waals surface area contributed by atoms with E-state index in [0.717, 1.165) is 11.7 Å². The first-order chi connectivity index (χ1) is 18.7. The van der Waals surface area contributed by atoms with Gasteiger partial charge in [0.1, 0.15) is 12.7 Å². The van der Waals surface area contributed by atoms with Gasteiger partial charge in [-0.2, -0.15) is 0 Å². The van der Waals surface area contributed by atoms with Gasteiger partial charge in [-0.3, -0.25) is 0 Å². The van der Waals surface area contributed by atoms with Gasteiger partial charge in [-0.1, -0.05) is 30.3 Å². The van der Waals surface area contributed by atoms with Crippen LogP contribution in [0.15, 0.2) is 85.7 Å². The van der Waals surface area contributed by atoms with Crippen LogP contribution in [-0.4, -0.2) is 67.4 Å². The molecular weight excluding hydrogens is 585 g/mol. The van der Waals surface area contributed by atoms with Gasteiger partial charge in [0, 0.05) is 38.7 Å². The standard InChI is InChI=1S/C14H16NO3.C9H9BN6.2CO.Mo/c1-17-13-8-5-9-15(10-13)14(16)18-11-12-6-3-2-4-7-12;1-4-11-14(7-1)10(15-8-2-5-12-15)16-9-3-6-13-16;2*1-2;/h2-8H,9-11H2,1H3;1-9H;;;/q;-1;;;+2. The fourth-order valence-electron chi connectivity index (χ4n) is 3.31. The summed E-state index contributed by atoms with van der Waals surface area (Å²) >= 11 is 0. The smallest absolute Gasteiger partial charge is 0.425 e. The van der Waals surface area contributed by atoms with Crippen molar-refractivity contribution in [3.8, 4) is 0 Å². The van der Waals surface area contributed by atoms with E-state index < -0.39 is 0 Å². The van der Waals surface area contributed by atoms with Crippen molar-refractivity contribution in [1.29, 1.82) is 0 Å². The number of aromatic nitrogens is 6. The molecule has 0 unspecified atom stereocenters. The maximum absolute atomic E-state index is 11.8. The number of methoxy groups -OCH3 is 1. The molecule has 0 bridgehead atoms. The molecule has 0 atom stereocenters. The van der Waals surface area contributed by atoms with Crippen LogP contribution in [0.3, 0.4) is 0 Å². The molecule has 1 aliphatic heterocycles. The average molecular weight is 610 g/mol. The zero-order valence-corrected chi connectivity index (χ0v) is 23.0. The van der Waals surface area contributed by atoms with Crippen molar-refractivity contribution in [2.45, 2.75) is 6.61 Å². The Morgan fingerprint density at radius 3 is 1.85 bits per heavy atom. The first-order valence-corrected chi connectivity index (χ1v) is 11.1. The second kappa shape index (κ2) is 19.4. The summed E-state index contributed by atoms with van der Waals surface area (Å²) in [5.41, 5.74) is 0.981. The summed E-state index contributed by atoms with van der Waals surface area (Å²) in [6, 6.07) is 15.2. The Kier molecular flexibility index (Phi) is 16.6. The third-order valence-corrected chi connectivity index (χ3v) is 4.99. The van der Waals surface area contributed by atoms with E-state index in [0.29, 0.717) is 19.7 Å². The number of carbonyl (C=O) groups is 1. The second-order valence-electron chi connectivity index (χ2n) is 7.30. The van der Waals surface area contributed by atoms with E-state index in [9.17, 15) is 4.79 Å². The minimum Gasteiger partial charge on any atom is -0.425 e. The summed E-state index contributed by atoms with van der Waals surface area (Å²) in [5.74, 6) is 0. The molecular formula is C25H25BMoN7O5+. The molecule has 1 aliphatic rings. The molecule has 5 rings (SSSR count). The van der Waals surface area contributed by atoms with E-state index in [-0.39, 0.29) is 34.3 Å². The maximum Gasteiger partial charge on any atom is 2.00 e. The Labute approximate surface area is 241 Å². The number of piperidine rings is 1. The number of amides is 1. The molecule has 0 spiro atoms. The van der Waals surface area contributed by atoms with E-state index in [1.807, 2.05) is 80.0 Å². The predicted molar refractivity (Wildman–Crippen MR) is 134 cm³/mol. The molecule has 12 nitrogen and oxygen atoms in total. The zero-order valence-electron chi connectivity index (χ0n) is 21.0. The van der Waals surface area contributed by atoms with Gasteiger partial charge in [-0.25, -0.2) is 20.1 Å². The van der Waals surface area contributed by atoms with Crippen LogP contribution in [0.2, 0.25) is 0 Å². The van der Waals surface area contributed by atoms with E-state index in [1.54, 1.807) is 44.4 Å². The Morgan fingerprint density at radius 1 is 0.897 bits per heavy atom. The first kappa shape index (κ1) is 33.3. The topological polar surface area (TPSA) is 132 Å². The van der Waals surface area contributed by atoms with Crippen LogP contribution < -0.4 is 0 Å². The number of ether oxygens (including phenoxy) is 2. The molecule has 0 saturated carbocycles. The molecule has 39 heavy (non-hydrogen) atoms. The first-order valence-electron chi connectivity index (χ1n) is 11.1. The van der Waals surface area contributed by atoms with E-state index in [1.165, 1.54) is 0 Å². The number of hydrogen-bond donors (Lipinski definition) is 0. The fraction of sp³-hybridized carbons (Fsp3) is 0.160. The van der Waals surface area contributed by atoms with Gasteiger partial charge in [0.15, 0.2) is 0 Å². The number of rotatable bonds is 6. The van der Waals surface area contributed by atoms with Crippen molar-refractivity contribution in [3.63, 3.8) is 0 Å². The van der Waals surface area contributed by atoms with Gasteiger partial charge in [0.05, 0.1) is 6.54 Å². The molecule has 3 aromatic heterocycles. The number of carbonyl (C=O) groups excluding carboxylic acids is 1. The average Bonchev–Trinajstić information content (AvgIpc) is 3.81. The maximum atomic E-state index is 11.8. The quantitative estimate of drug-likeness (QED) is 0.187. The van der Waals surface area contributed by atoms with Crippen molar-refractivity contribution < 1.29 is 44.6 Å². The van der Waals surface area contributed by atoms with Crippen LogP contribution in [0.25, 0.3) is 0 Å². The van der Waals surface area contributed by atoms with Gasteiger partial charge in [-0.15, -0.1) is 0 Å². The van der Waals surface area contributed by atoms with Gasteiger partial charge in [0.2, 0.25) is 0 Å². The van der Waals surface area contributed by atoms with Gasteiger partial charge in [-0.05, 0) is 48.8 Å². The molecule has 1 aromatic carbocycles. The SMILES string of the molecule is CO[C]1[CH][CH]CN(C(=O)OCc2ccccc2)C1.[C-]#[O+].[C-]#[O+].[Mo+2].c1cnn([B-](n2cccn2)n2cccn2)c1. The summed E-state index contributed by atoms with van der Waals surface area (Å²) in [5, 5.41) is 12.7. The molecule has 4 radical (unpaired) electrons. The Balaban J connectivity index is 0.000000340. The van der Waals surface area contributed by atoms with Crippen molar-refractivity contribution in [1.82, 2.24) is 34.0 Å². The third kappa shape index (κ3) is 10.5. The molecule has 1 fully saturated rings. The van der Waals surface area contributed by atoms with Crippen LogP contribution >= 0.6 is 0 Å². The Bertz CT molecular complexity index is 1100. The normalized spacial score (nSPS) is 12.3. The monoisotopic (exact) mass is 612 g/mol. The van der Waals surface area contributed by atoms with Crippen molar-refractivity contribution in [2.24, 2.45) is 0 Å². The van der Waals surface area contributed by atoms with Crippen molar-refractivity contribution in [3.05, 3.63) is 124 Å². The van der Waals surface area contributed by atoms with Crippen LogP contribution in [0.1, 0.15) is 5.56 Å². The van der Waals surface area contributed by atoms with Gasteiger partial charge >= 0.3 is 49.8 Å². The Hall–Kier alpha value is -3.69. The largest absolute Gasteiger partial charge is 2.00 e. The Morgan fingerprint density at radius 2 is 1.41 bits per heavy atom. The van der Waals surface area contributed by atoms with Crippen molar-refractivity contribution >= 4 is 13.2 Å². The number of likely N-dealkylation sites (tertiary alicyclic amines) is 1. The number of hydrogen-bond acceptors (Lipinski definition) is 6. The molecule has 1 amide bonds. The van der Waals surface area contributed by atoms with Crippen LogP contribution in [0.5, 0.6) is 0 Å². The van der Waals surface area contributed by atoms with Gasteiger partial charge in [0.25, 0.3) is 7.12 Å². The molecule has 0 N–H and O–H groups in total. The zero-order chi connectivity index (χ0) is 27.6. The number of benzene rings is 1. The second-order valence-corrected chi connectivity index (χ2v) is 7.30. The van der Waals surface area contributed by atoms with Crippen LogP contribution in [-0.2, 0) is 46.5 Å². The molecule has 14 heteroatoms. The fourth-order valence-corrected chi connectivity index (χ4v) is 3.31. The summed E-state index contributed by atoms with van der Waals surface area (Å²) in [4.78, 5) is 13.4. The van der Waals surface area contributed by atoms with Crippen LogP contribution in [0, 0.1) is 32.2 Å². The summed E-state index contributed by atoms with van der Waals surface area (Å²) in [6.07, 6.45) is 15.1. The minimum atomic E-state index is -0.322. The predicted octanol–water partition coefficient (Wildman–Crippen LogP) is 2.35. The van der Waals surface area contributed by atoms with Crippen molar-refractivity contribution in [2.75, 3.05) is 20.2 Å². The van der Waals surface area contributed by atoms with E-state index >= 15 is 0 Å². The molecule has 1 saturated heterocycles. The summed E-state index contributed by atoms with van der Waals surface area (Å²) < 4.78 is 30.7. The molecule has 198 valence electrons. The van der Waals surface area contributed by atoms with E-state index in [2.05, 4.69) is 28.6 Å². The van der Waals surface area contributed by atoms with Gasteiger partial charge < -0.3 is 28.2 Å². The minimum absolute atomic E-state index is 0. The summed E-state index contributed by atoms with van der Waals surface area (Å²) in [7, 11) is 1.40. The molecule has 4 heterocycles.